The second kappa shape index (κ2) is 5.67. The van der Waals surface area contributed by atoms with Gasteiger partial charge in [0.2, 0.25) is 0 Å². The number of ether oxygens (including phenoxy) is 1. The average molecular weight is 259 g/mol. The number of aromatic amines is 1. The van der Waals surface area contributed by atoms with Crippen molar-refractivity contribution in [1.29, 1.82) is 0 Å². The van der Waals surface area contributed by atoms with Crippen LogP contribution in [0.2, 0.25) is 0 Å². The number of anilines is 1. The van der Waals surface area contributed by atoms with Crippen LogP contribution in [0.4, 0.5) is 5.69 Å². The molecule has 0 amide bonds. The van der Waals surface area contributed by atoms with E-state index in [0.717, 1.165) is 23.2 Å². The van der Waals surface area contributed by atoms with Crippen molar-refractivity contribution in [3.8, 4) is 11.3 Å². The summed E-state index contributed by atoms with van der Waals surface area (Å²) >= 11 is 0. The van der Waals surface area contributed by atoms with E-state index in [0.29, 0.717) is 11.5 Å². The van der Waals surface area contributed by atoms with Gasteiger partial charge in [-0.3, -0.25) is 4.79 Å². The van der Waals surface area contributed by atoms with Gasteiger partial charge in [-0.25, -0.2) is 4.98 Å². The SMILES string of the molecule is CCc1ccc(-c2cc(=O)[nH]c(COC)n2)cc1N. The lowest BCUT2D eigenvalue weighted by Gasteiger charge is -2.07. The average Bonchev–Trinajstić information content (AvgIpc) is 2.38. The number of nitrogens with zero attached hydrogens (tertiary/aromatic N) is 1. The predicted molar refractivity (Wildman–Crippen MR) is 74.8 cm³/mol. The highest BCUT2D eigenvalue weighted by molar-refractivity contribution is 5.66. The van der Waals surface area contributed by atoms with Crippen molar-refractivity contribution >= 4 is 5.69 Å². The smallest absolute Gasteiger partial charge is 0.251 e. The Labute approximate surface area is 111 Å². The molecule has 1 aromatic carbocycles. The molecule has 5 nitrogen and oxygen atoms in total. The standard InChI is InChI=1S/C14H17N3O2/c1-3-9-4-5-10(6-11(9)15)12-7-14(18)17-13(16-12)8-19-2/h4-7H,3,8,15H2,1-2H3,(H,16,17,18). The van der Waals surface area contributed by atoms with Crippen LogP contribution in [-0.2, 0) is 17.8 Å². The number of H-pyrrole nitrogens is 1. The van der Waals surface area contributed by atoms with E-state index in [2.05, 4.69) is 9.97 Å². The number of hydrogen-bond donors (Lipinski definition) is 2. The molecular weight excluding hydrogens is 242 g/mol. The van der Waals surface area contributed by atoms with Gasteiger partial charge in [-0.05, 0) is 18.1 Å². The summed E-state index contributed by atoms with van der Waals surface area (Å²) in [6.07, 6.45) is 0.879. The lowest BCUT2D eigenvalue weighted by Crippen LogP contribution is -2.11. The van der Waals surface area contributed by atoms with Crippen LogP contribution in [0, 0.1) is 0 Å². The lowest BCUT2D eigenvalue weighted by atomic mass is 10.1. The summed E-state index contributed by atoms with van der Waals surface area (Å²) in [5.41, 5.74) is 9.01. The Bertz CT molecular complexity index is 635. The van der Waals surface area contributed by atoms with E-state index < -0.39 is 0 Å². The number of benzene rings is 1. The molecular formula is C14H17N3O2. The summed E-state index contributed by atoms with van der Waals surface area (Å²) in [6, 6.07) is 7.19. The molecule has 0 aliphatic rings. The maximum atomic E-state index is 11.6. The first-order chi connectivity index (χ1) is 9.13. The van der Waals surface area contributed by atoms with Crippen LogP contribution in [0.3, 0.4) is 0 Å². The topological polar surface area (TPSA) is 81.0 Å². The molecule has 0 saturated carbocycles. The fourth-order valence-corrected chi connectivity index (χ4v) is 1.94. The van der Waals surface area contributed by atoms with Crippen LogP contribution < -0.4 is 11.3 Å². The van der Waals surface area contributed by atoms with Crippen molar-refractivity contribution in [2.75, 3.05) is 12.8 Å². The zero-order chi connectivity index (χ0) is 13.8. The van der Waals surface area contributed by atoms with Gasteiger partial charge in [-0.2, -0.15) is 0 Å². The molecule has 2 aromatic rings. The van der Waals surface area contributed by atoms with E-state index >= 15 is 0 Å². The monoisotopic (exact) mass is 259 g/mol. The van der Waals surface area contributed by atoms with Gasteiger partial charge in [0.25, 0.3) is 5.56 Å². The van der Waals surface area contributed by atoms with Gasteiger partial charge in [-0.15, -0.1) is 0 Å². The highest BCUT2D eigenvalue weighted by Crippen LogP contribution is 2.22. The third kappa shape index (κ3) is 3.00. The minimum atomic E-state index is -0.199. The quantitative estimate of drug-likeness (QED) is 0.819. The van der Waals surface area contributed by atoms with Gasteiger partial charge in [0.15, 0.2) is 0 Å². The molecule has 0 radical (unpaired) electrons. The third-order valence-corrected chi connectivity index (χ3v) is 2.89. The Kier molecular flexibility index (Phi) is 3.97. The van der Waals surface area contributed by atoms with E-state index in [1.807, 2.05) is 25.1 Å². The number of rotatable bonds is 4. The highest BCUT2D eigenvalue weighted by Gasteiger charge is 2.06. The molecule has 0 bridgehead atoms. The molecule has 5 heteroatoms. The third-order valence-electron chi connectivity index (χ3n) is 2.89. The van der Waals surface area contributed by atoms with Crippen LogP contribution in [0.15, 0.2) is 29.1 Å². The van der Waals surface area contributed by atoms with Gasteiger partial charge in [-0.1, -0.05) is 19.1 Å². The number of aromatic nitrogens is 2. The molecule has 0 saturated heterocycles. The molecule has 1 heterocycles. The number of aryl methyl sites for hydroxylation is 1. The number of nitrogens with two attached hydrogens (primary N) is 1. The Morgan fingerprint density at radius 3 is 2.79 bits per heavy atom. The van der Waals surface area contributed by atoms with Gasteiger partial charge in [0, 0.05) is 24.4 Å². The lowest BCUT2D eigenvalue weighted by molar-refractivity contribution is 0.177. The predicted octanol–water partition coefficient (Wildman–Crippen LogP) is 1.73. The fourth-order valence-electron chi connectivity index (χ4n) is 1.94. The second-order valence-corrected chi connectivity index (χ2v) is 4.28. The molecule has 0 unspecified atom stereocenters. The number of nitrogens with one attached hydrogen (secondary N) is 1. The van der Waals surface area contributed by atoms with Crippen molar-refractivity contribution in [2.45, 2.75) is 20.0 Å². The first-order valence-electron chi connectivity index (χ1n) is 6.12. The van der Waals surface area contributed by atoms with E-state index in [4.69, 9.17) is 10.5 Å². The minimum absolute atomic E-state index is 0.199. The zero-order valence-corrected chi connectivity index (χ0v) is 11.1. The number of nitrogen functional groups attached to an aromatic ring is 1. The van der Waals surface area contributed by atoms with Crippen molar-refractivity contribution in [1.82, 2.24) is 9.97 Å². The second-order valence-electron chi connectivity index (χ2n) is 4.28. The van der Waals surface area contributed by atoms with E-state index in [9.17, 15) is 4.79 Å². The van der Waals surface area contributed by atoms with Crippen molar-refractivity contribution in [3.63, 3.8) is 0 Å². The van der Waals surface area contributed by atoms with Gasteiger partial charge in [0.05, 0.1) is 5.69 Å². The number of hydrogen-bond acceptors (Lipinski definition) is 4. The van der Waals surface area contributed by atoms with Crippen LogP contribution in [-0.4, -0.2) is 17.1 Å². The number of methoxy groups -OCH3 is 1. The van der Waals surface area contributed by atoms with Crippen LogP contribution >= 0.6 is 0 Å². The summed E-state index contributed by atoms with van der Waals surface area (Å²) in [7, 11) is 1.56. The molecule has 2 rings (SSSR count). The molecule has 0 aliphatic heterocycles. The molecule has 0 spiro atoms. The Hall–Kier alpha value is -2.14. The summed E-state index contributed by atoms with van der Waals surface area (Å²) in [5, 5.41) is 0. The minimum Gasteiger partial charge on any atom is -0.398 e. The maximum absolute atomic E-state index is 11.6. The Balaban J connectivity index is 2.46. The largest absolute Gasteiger partial charge is 0.398 e. The van der Waals surface area contributed by atoms with E-state index in [1.165, 1.54) is 6.07 Å². The fraction of sp³-hybridized carbons (Fsp3) is 0.286. The summed E-state index contributed by atoms with van der Waals surface area (Å²) in [5.74, 6) is 0.503. The first kappa shape index (κ1) is 13.3. The molecule has 0 fully saturated rings. The molecule has 0 atom stereocenters. The highest BCUT2D eigenvalue weighted by atomic mass is 16.5. The van der Waals surface area contributed by atoms with E-state index in [1.54, 1.807) is 7.11 Å². The maximum Gasteiger partial charge on any atom is 0.251 e. The van der Waals surface area contributed by atoms with Crippen molar-refractivity contribution in [3.05, 3.63) is 46.0 Å². The van der Waals surface area contributed by atoms with Crippen LogP contribution in [0.25, 0.3) is 11.3 Å². The zero-order valence-electron chi connectivity index (χ0n) is 11.1. The summed E-state index contributed by atoms with van der Waals surface area (Å²) in [4.78, 5) is 18.6. The van der Waals surface area contributed by atoms with E-state index in [-0.39, 0.29) is 12.2 Å². The Morgan fingerprint density at radius 2 is 2.16 bits per heavy atom. The Morgan fingerprint density at radius 1 is 1.37 bits per heavy atom. The van der Waals surface area contributed by atoms with Crippen molar-refractivity contribution in [2.24, 2.45) is 0 Å². The molecule has 1 aromatic heterocycles. The first-order valence-corrected chi connectivity index (χ1v) is 6.12. The van der Waals surface area contributed by atoms with Crippen molar-refractivity contribution < 1.29 is 4.74 Å². The van der Waals surface area contributed by atoms with Gasteiger partial charge < -0.3 is 15.5 Å². The summed E-state index contributed by atoms with van der Waals surface area (Å²) < 4.78 is 4.98. The molecule has 19 heavy (non-hydrogen) atoms. The van der Waals surface area contributed by atoms with Gasteiger partial charge in [0.1, 0.15) is 12.4 Å². The molecule has 100 valence electrons. The molecule has 0 aliphatic carbocycles. The van der Waals surface area contributed by atoms with Crippen LogP contribution in [0.1, 0.15) is 18.3 Å². The van der Waals surface area contributed by atoms with Crippen LogP contribution in [0.5, 0.6) is 0 Å². The molecule has 3 N–H and O–H groups in total. The normalized spacial score (nSPS) is 10.6. The summed E-state index contributed by atoms with van der Waals surface area (Å²) in [6.45, 7) is 2.32. The van der Waals surface area contributed by atoms with Gasteiger partial charge >= 0.3 is 0 Å².